The predicted octanol–water partition coefficient (Wildman–Crippen LogP) is 2.32. The summed E-state index contributed by atoms with van der Waals surface area (Å²) >= 11 is 0. The van der Waals surface area contributed by atoms with Crippen LogP contribution in [0.25, 0.3) is 0 Å². The Morgan fingerprint density at radius 1 is 1.20 bits per heavy atom. The molecule has 0 heterocycles. The lowest BCUT2D eigenvalue weighted by Gasteiger charge is -2.09. The van der Waals surface area contributed by atoms with E-state index in [1.807, 2.05) is 19.1 Å². The van der Waals surface area contributed by atoms with Crippen molar-refractivity contribution < 1.29 is 9.00 Å². The molecular formula is C15H16N2O2S. The molecule has 3 N–H and O–H groups in total. The van der Waals surface area contributed by atoms with Crippen LogP contribution in [0.3, 0.4) is 0 Å². The minimum absolute atomic E-state index is 0.0712. The summed E-state index contributed by atoms with van der Waals surface area (Å²) in [6.45, 7) is 1.88. The van der Waals surface area contributed by atoms with E-state index in [2.05, 4.69) is 5.32 Å². The highest BCUT2D eigenvalue weighted by Gasteiger charge is 2.11. The van der Waals surface area contributed by atoms with Crippen molar-refractivity contribution in [3.05, 3.63) is 54.1 Å². The first kappa shape index (κ1) is 14.3. The first-order chi connectivity index (χ1) is 9.56. The molecule has 20 heavy (non-hydrogen) atoms. The second-order valence-electron chi connectivity index (χ2n) is 4.43. The molecule has 0 fully saturated rings. The number of aryl methyl sites for hydroxylation is 1. The van der Waals surface area contributed by atoms with Crippen molar-refractivity contribution in [3.63, 3.8) is 0 Å². The molecule has 4 nitrogen and oxygen atoms in total. The summed E-state index contributed by atoms with van der Waals surface area (Å²) in [6.07, 6.45) is 0. The molecule has 0 saturated heterocycles. The van der Waals surface area contributed by atoms with E-state index in [0.717, 1.165) is 5.56 Å². The zero-order chi connectivity index (χ0) is 14.5. The molecule has 1 amide bonds. The van der Waals surface area contributed by atoms with Crippen LogP contribution in [0.1, 0.15) is 5.56 Å². The lowest BCUT2D eigenvalue weighted by Crippen LogP contribution is -2.20. The second kappa shape index (κ2) is 6.34. The van der Waals surface area contributed by atoms with Crippen molar-refractivity contribution in [1.29, 1.82) is 0 Å². The molecule has 0 saturated carbocycles. The summed E-state index contributed by atoms with van der Waals surface area (Å²) in [6, 6.07) is 14.2. The molecule has 1 unspecified atom stereocenters. The summed E-state index contributed by atoms with van der Waals surface area (Å²) in [5.74, 6) is -0.362. The van der Waals surface area contributed by atoms with Crippen LogP contribution < -0.4 is 11.1 Å². The lowest BCUT2D eigenvalue weighted by molar-refractivity contribution is -0.113. The number of rotatable bonds is 4. The molecule has 2 rings (SSSR count). The van der Waals surface area contributed by atoms with Gasteiger partial charge in [0.05, 0.1) is 10.8 Å². The molecule has 0 radical (unpaired) electrons. The van der Waals surface area contributed by atoms with E-state index < -0.39 is 10.8 Å². The lowest BCUT2D eigenvalue weighted by atomic mass is 10.2. The minimum Gasteiger partial charge on any atom is -0.399 e. The van der Waals surface area contributed by atoms with E-state index in [9.17, 15) is 9.00 Å². The predicted molar refractivity (Wildman–Crippen MR) is 81.9 cm³/mol. The van der Waals surface area contributed by atoms with Gasteiger partial charge in [0.1, 0.15) is 5.75 Å². The Bertz CT molecular complexity index is 642. The van der Waals surface area contributed by atoms with Gasteiger partial charge in [0.25, 0.3) is 0 Å². The van der Waals surface area contributed by atoms with Crippen molar-refractivity contribution in [3.8, 4) is 0 Å². The van der Waals surface area contributed by atoms with Crippen LogP contribution in [0, 0.1) is 6.92 Å². The Hall–Kier alpha value is -2.14. The molecule has 0 aliphatic heterocycles. The highest BCUT2D eigenvalue weighted by atomic mass is 32.2. The van der Waals surface area contributed by atoms with Gasteiger partial charge in [-0.25, -0.2) is 0 Å². The van der Waals surface area contributed by atoms with E-state index >= 15 is 0 Å². The number of nitrogens with one attached hydrogen (secondary N) is 1. The smallest absolute Gasteiger partial charge is 0.237 e. The highest BCUT2D eigenvalue weighted by molar-refractivity contribution is 7.85. The number of amides is 1. The molecule has 2 aromatic rings. The fraction of sp³-hybridized carbons (Fsp3) is 0.133. The Morgan fingerprint density at radius 2 is 1.90 bits per heavy atom. The van der Waals surface area contributed by atoms with E-state index in [1.54, 1.807) is 36.4 Å². The van der Waals surface area contributed by atoms with Gasteiger partial charge in [0, 0.05) is 16.3 Å². The number of hydrogen-bond acceptors (Lipinski definition) is 3. The topological polar surface area (TPSA) is 72.2 Å². The Balaban J connectivity index is 2.03. The third-order valence-electron chi connectivity index (χ3n) is 2.80. The van der Waals surface area contributed by atoms with Crippen LogP contribution in [0.4, 0.5) is 11.4 Å². The van der Waals surface area contributed by atoms with Crippen molar-refractivity contribution in [2.75, 3.05) is 16.8 Å². The summed E-state index contributed by atoms with van der Waals surface area (Å²) < 4.78 is 12.0. The van der Waals surface area contributed by atoms with Gasteiger partial charge in [-0.05, 0) is 36.8 Å². The standard InChI is InChI=1S/C15H16N2O2S/c1-11-7-8-12(16)9-14(11)17-15(18)10-20(19)13-5-3-2-4-6-13/h2-9H,10,16H2,1H3,(H,17,18). The van der Waals surface area contributed by atoms with E-state index in [-0.39, 0.29) is 11.7 Å². The van der Waals surface area contributed by atoms with E-state index in [1.165, 1.54) is 0 Å². The third-order valence-corrected chi connectivity index (χ3v) is 4.13. The maximum Gasteiger partial charge on any atom is 0.237 e. The summed E-state index contributed by atoms with van der Waals surface area (Å²) in [7, 11) is -1.34. The largest absolute Gasteiger partial charge is 0.399 e. The third kappa shape index (κ3) is 3.68. The van der Waals surface area contributed by atoms with Gasteiger partial charge in [0.15, 0.2) is 0 Å². The molecule has 0 aromatic heterocycles. The average Bonchev–Trinajstić information content (AvgIpc) is 2.43. The second-order valence-corrected chi connectivity index (χ2v) is 5.88. The van der Waals surface area contributed by atoms with Gasteiger partial charge in [0.2, 0.25) is 5.91 Å². The normalized spacial score (nSPS) is 11.8. The SMILES string of the molecule is Cc1ccc(N)cc1NC(=O)CS(=O)c1ccccc1. The molecule has 0 aliphatic carbocycles. The number of carbonyl (C=O) groups excluding carboxylic acids is 1. The average molecular weight is 288 g/mol. The zero-order valence-electron chi connectivity index (χ0n) is 11.1. The Labute approximate surface area is 120 Å². The van der Waals surface area contributed by atoms with E-state index in [4.69, 9.17) is 5.73 Å². The van der Waals surface area contributed by atoms with Crippen LogP contribution in [-0.4, -0.2) is 15.9 Å². The maximum absolute atomic E-state index is 12.0. The van der Waals surface area contributed by atoms with Gasteiger partial charge in [-0.1, -0.05) is 24.3 Å². The number of nitrogen functional groups attached to an aromatic ring is 1. The zero-order valence-corrected chi connectivity index (χ0v) is 11.9. The number of hydrogen-bond donors (Lipinski definition) is 2. The summed E-state index contributed by atoms with van der Waals surface area (Å²) in [5.41, 5.74) is 7.83. The molecule has 0 aliphatic rings. The Morgan fingerprint density at radius 3 is 2.60 bits per heavy atom. The van der Waals surface area contributed by atoms with Crippen molar-refractivity contribution in [2.45, 2.75) is 11.8 Å². The number of nitrogens with two attached hydrogens (primary N) is 1. The number of benzene rings is 2. The summed E-state index contributed by atoms with van der Waals surface area (Å²) in [4.78, 5) is 12.6. The maximum atomic E-state index is 12.0. The molecule has 2 aromatic carbocycles. The van der Waals surface area contributed by atoms with Gasteiger partial charge >= 0.3 is 0 Å². The van der Waals surface area contributed by atoms with Gasteiger partial charge in [-0.2, -0.15) is 0 Å². The first-order valence-electron chi connectivity index (χ1n) is 6.15. The van der Waals surface area contributed by atoms with Crippen LogP contribution >= 0.6 is 0 Å². The van der Waals surface area contributed by atoms with Gasteiger partial charge < -0.3 is 11.1 Å². The number of anilines is 2. The highest BCUT2D eigenvalue weighted by Crippen LogP contribution is 2.18. The van der Waals surface area contributed by atoms with Crippen LogP contribution in [-0.2, 0) is 15.6 Å². The Kier molecular flexibility index (Phi) is 4.53. The molecule has 5 heteroatoms. The first-order valence-corrected chi connectivity index (χ1v) is 7.47. The van der Waals surface area contributed by atoms with Gasteiger partial charge in [-0.15, -0.1) is 0 Å². The summed E-state index contributed by atoms with van der Waals surface area (Å²) in [5, 5.41) is 2.74. The quantitative estimate of drug-likeness (QED) is 0.848. The van der Waals surface area contributed by atoms with Crippen molar-refractivity contribution in [1.82, 2.24) is 0 Å². The fourth-order valence-electron chi connectivity index (χ4n) is 1.74. The number of carbonyl (C=O) groups is 1. The van der Waals surface area contributed by atoms with Crippen molar-refractivity contribution in [2.24, 2.45) is 0 Å². The van der Waals surface area contributed by atoms with Crippen LogP contribution in [0.2, 0.25) is 0 Å². The fourth-order valence-corrected chi connectivity index (χ4v) is 2.67. The van der Waals surface area contributed by atoms with Gasteiger partial charge in [-0.3, -0.25) is 9.00 Å². The van der Waals surface area contributed by atoms with Crippen molar-refractivity contribution >= 4 is 28.1 Å². The molecule has 0 spiro atoms. The van der Waals surface area contributed by atoms with Crippen LogP contribution in [0.15, 0.2) is 53.4 Å². The molecule has 0 bridgehead atoms. The van der Waals surface area contributed by atoms with Crippen LogP contribution in [0.5, 0.6) is 0 Å². The monoisotopic (exact) mass is 288 g/mol. The minimum atomic E-state index is -1.34. The molecule has 1 atom stereocenters. The molecule has 104 valence electrons. The molecular weight excluding hydrogens is 272 g/mol. The van der Waals surface area contributed by atoms with E-state index in [0.29, 0.717) is 16.3 Å².